The van der Waals surface area contributed by atoms with Crippen LogP contribution < -0.4 is 0 Å². The second-order valence-corrected chi connectivity index (χ2v) is 5.45. The number of hydrogen-bond donors (Lipinski definition) is 1. The third-order valence-corrected chi connectivity index (χ3v) is 3.91. The maximum atomic E-state index is 12.1. The van der Waals surface area contributed by atoms with Gasteiger partial charge in [-0.15, -0.1) is 0 Å². The quantitative estimate of drug-likeness (QED) is 0.792. The van der Waals surface area contributed by atoms with Crippen molar-refractivity contribution in [2.24, 2.45) is 0 Å². The third kappa shape index (κ3) is 4.40. The van der Waals surface area contributed by atoms with Crippen molar-refractivity contribution < 1.29 is 9.90 Å². The number of benzene rings is 1. The summed E-state index contributed by atoms with van der Waals surface area (Å²) in [5.41, 5.74) is 2.00. The van der Waals surface area contributed by atoms with E-state index in [-0.39, 0.29) is 12.4 Å². The van der Waals surface area contributed by atoms with Gasteiger partial charge in [-0.25, -0.2) is 0 Å². The maximum absolute atomic E-state index is 12.1. The van der Waals surface area contributed by atoms with Gasteiger partial charge in [0.1, 0.15) is 0 Å². The van der Waals surface area contributed by atoms with Crippen LogP contribution in [0.4, 0.5) is 0 Å². The largest absolute Gasteiger partial charge is 0.395 e. The SMILES string of the molecule is Cc1ccc(C(=O)CCN2CCN(CCO)CC2)cc1. The van der Waals surface area contributed by atoms with Gasteiger partial charge in [0.05, 0.1) is 6.61 Å². The smallest absolute Gasteiger partial charge is 0.164 e. The van der Waals surface area contributed by atoms with Crippen LogP contribution in [-0.4, -0.2) is 66.6 Å². The summed E-state index contributed by atoms with van der Waals surface area (Å²) >= 11 is 0. The van der Waals surface area contributed by atoms with Gasteiger partial charge in [-0.2, -0.15) is 0 Å². The molecule has 2 rings (SSSR count). The lowest BCUT2D eigenvalue weighted by Crippen LogP contribution is -2.47. The van der Waals surface area contributed by atoms with Gasteiger partial charge < -0.3 is 10.0 Å². The van der Waals surface area contributed by atoms with Crippen molar-refractivity contribution in [2.45, 2.75) is 13.3 Å². The number of aliphatic hydroxyl groups excluding tert-OH is 1. The third-order valence-electron chi connectivity index (χ3n) is 3.91. The molecule has 1 aliphatic heterocycles. The molecule has 1 aromatic carbocycles. The first-order chi connectivity index (χ1) is 9.69. The average molecular weight is 276 g/mol. The Bertz CT molecular complexity index is 423. The van der Waals surface area contributed by atoms with Crippen LogP contribution in [0.15, 0.2) is 24.3 Å². The van der Waals surface area contributed by atoms with E-state index in [2.05, 4.69) is 9.80 Å². The number of rotatable bonds is 6. The Balaban J connectivity index is 1.73. The van der Waals surface area contributed by atoms with Gasteiger partial charge in [-0.05, 0) is 6.92 Å². The number of carbonyl (C=O) groups excluding carboxylic acids is 1. The summed E-state index contributed by atoms with van der Waals surface area (Å²) in [5.74, 6) is 0.225. The number of aliphatic hydroxyl groups is 1. The Labute approximate surface area is 121 Å². The lowest BCUT2D eigenvalue weighted by Gasteiger charge is -2.34. The molecule has 4 nitrogen and oxygen atoms in total. The van der Waals surface area contributed by atoms with E-state index < -0.39 is 0 Å². The van der Waals surface area contributed by atoms with E-state index in [0.29, 0.717) is 6.42 Å². The van der Waals surface area contributed by atoms with E-state index in [0.717, 1.165) is 44.8 Å². The minimum Gasteiger partial charge on any atom is -0.395 e. The van der Waals surface area contributed by atoms with Gasteiger partial charge in [0.25, 0.3) is 0 Å². The molecule has 1 aromatic rings. The van der Waals surface area contributed by atoms with E-state index in [1.165, 1.54) is 5.56 Å². The van der Waals surface area contributed by atoms with E-state index in [9.17, 15) is 4.79 Å². The van der Waals surface area contributed by atoms with E-state index in [4.69, 9.17) is 5.11 Å². The molecule has 110 valence electrons. The molecule has 0 aliphatic carbocycles. The molecule has 0 unspecified atom stereocenters. The van der Waals surface area contributed by atoms with Gasteiger partial charge in [-0.3, -0.25) is 9.69 Å². The molecule has 0 amide bonds. The topological polar surface area (TPSA) is 43.8 Å². The summed E-state index contributed by atoms with van der Waals surface area (Å²) in [6.45, 7) is 7.79. The van der Waals surface area contributed by atoms with Crippen molar-refractivity contribution in [3.8, 4) is 0 Å². The zero-order valence-electron chi connectivity index (χ0n) is 12.2. The van der Waals surface area contributed by atoms with Crippen LogP contribution >= 0.6 is 0 Å². The summed E-state index contributed by atoms with van der Waals surface area (Å²) in [6, 6.07) is 7.80. The van der Waals surface area contributed by atoms with Gasteiger partial charge in [0.2, 0.25) is 0 Å². The molecule has 1 N–H and O–H groups in total. The van der Waals surface area contributed by atoms with E-state index >= 15 is 0 Å². The summed E-state index contributed by atoms with van der Waals surface area (Å²) in [5, 5.41) is 8.91. The average Bonchev–Trinajstić information content (AvgIpc) is 2.47. The van der Waals surface area contributed by atoms with Crippen LogP contribution in [0.1, 0.15) is 22.3 Å². The summed E-state index contributed by atoms with van der Waals surface area (Å²) < 4.78 is 0. The number of ketones is 1. The number of Topliss-reactive ketones (excluding diaryl/α,β-unsaturated/α-hetero) is 1. The molecule has 1 aliphatic rings. The molecule has 1 heterocycles. The standard InChI is InChI=1S/C16H24N2O2/c1-14-2-4-15(5-3-14)16(20)6-7-17-8-10-18(11-9-17)12-13-19/h2-5,19H,6-13H2,1H3. The first-order valence-corrected chi connectivity index (χ1v) is 7.34. The van der Waals surface area contributed by atoms with E-state index in [1.54, 1.807) is 0 Å². The first-order valence-electron chi connectivity index (χ1n) is 7.34. The molecule has 0 atom stereocenters. The molecule has 20 heavy (non-hydrogen) atoms. The zero-order chi connectivity index (χ0) is 14.4. The van der Waals surface area contributed by atoms with E-state index in [1.807, 2.05) is 31.2 Å². The molecule has 0 saturated carbocycles. The highest BCUT2D eigenvalue weighted by Gasteiger charge is 2.17. The van der Waals surface area contributed by atoms with Crippen molar-refractivity contribution >= 4 is 5.78 Å². The maximum Gasteiger partial charge on any atom is 0.164 e. The predicted molar refractivity (Wildman–Crippen MR) is 80.1 cm³/mol. The molecule has 1 saturated heterocycles. The molecular weight excluding hydrogens is 252 g/mol. The van der Waals surface area contributed by atoms with Gasteiger partial charge >= 0.3 is 0 Å². The van der Waals surface area contributed by atoms with Crippen molar-refractivity contribution in [2.75, 3.05) is 45.9 Å². The molecule has 0 spiro atoms. The van der Waals surface area contributed by atoms with Gasteiger partial charge in [0, 0.05) is 51.3 Å². The zero-order valence-corrected chi connectivity index (χ0v) is 12.2. The number of β-amino-alcohol motifs (C(OH)–C–C–N with tert-alkyl or cyclic N) is 1. The van der Waals surface area contributed by atoms with Crippen LogP contribution in [0.25, 0.3) is 0 Å². The van der Waals surface area contributed by atoms with Crippen LogP contribution in [0, 0.1) is 6.92 Å². The fourth-order valence-corrected chi connectivity index (χ4v) is 2.52. The minimum absolute atomic E-state index is 0.225. The Kier molecular flexibility index (Phi) is 5.71. The Morgan fingerprint density at radius 1 is 1.05 bits per heavy atom. The lowest BCUT2D eigenvalue weighted by atomic mass is 10.1. The normalized spacial score (nSPS) is 17.3. The van der Waals surface area contributed by atoms with Crippen molar-refractivity contribution in [3.63, 3.8) is 0 Å². The Morgan fingerprint density at radius 3 is 2.15 bits per heavy atom. The highest BCUT2D eigenvalue weighted by molar-refractivity contribution is 5.96. The first kappa shape index (κ1) is 15.2. The van der Waals surface area contributed by atoms with Gasteiger partial charge in [-0.1, -0.05) is 29.8 Å². The molecule has 1 fully saturated rings. The van der Waals surface area contributed by atoms with Crippen LogP contribution in [-0.2, 0) is 0 Å². The van der Waals surface area contributed by atoms with Crippen LogP contribution in [0.5, 0.6) is 0 Å². The molecule has 0 aromatic heterocycles. The van der Waals surface area contributed by atoms with Crippen LogP contribution in [0.3, 0.4) is 0 Å². The van der Waals surface area contributed by atoms with Crippen molar-refractivity contribution in [1.29, 1.82) is 0 Å². The fraction of sp³-hybridized carbons (Fsp3) is 0.562. The number of carbonyl (C=O) groups is 1. The summed E-state index contributed by atoms with van der Waals surface area (Å²) in [6.07, 6.45) is 0.586. The molecule has 4 heteroatoms. The highest BCUT2D eigenvalue weighted by atomic mass is 16.3. The Hall–Kier alpha value is -1.23. The van der Waals surface area contributed by atoms with Crippen molar-refractivity contribution in [1.82, 2.24) is 9.80 Å². The Morgan fingerprint density at radius 2 is 1.60 bits per heavy atom. The predicted octanol–water partition coefficient (Wildman–Crippen LogP) is 1.18. The highest BCUT2D eigenvalue weighted by Crippen LogP contribution is 2.08. The fourth-order valence-electron chi connectivity index (χ4n) is 2.52. The van der Waals surface area contributed by atoms with Crippen molar-refractivity contribution in [3.05, 3.63) is 35.4 Å². The number of aryl methyl sites for hydroxylation is 1. The molecule has 0 radical (unpaired) electrons. The summed E-state index contributed by atoms with van der Waals surface area (Å²) in [7, 11) is 0. The summed E-state index contributed by atoms with van der Waals surface area (Å²) in [4.78, 5) is 16.7. The monoisotopic (exact) mass is 276 g/mol. The number of piperazine rings is 1. The van der Waals surface area contributed by atoms with Crippen LogP contribution in [0.2, 0.25) is 0 Å². The number of hydrogen-bond acceptors (Lipinski definition) is 4. The number of nitrogens with zero attached hydrogens (tertiary/aromatic N) is 2. The second kappa shape index (κ2) is 7.53. The molecule has 0 bridgehead atoms. The second-order valence-electron chi connectivity index (χ2n) is 5.45. The van der Waals surface area contributed by atoms with Gasteiger partial charge in [0.15, 0.2) is 5.78 Å². The minimum atomic E-state index is 0.225. The lowest BCUT2D eigenvalue weighted by molar-refractivity contribution is 0.0907. The molecular formula is C16H24N2O2.